The highest BCUT2D eigenvalue weighted by Gasteiger charge is 2.51. The number of amides is 5. The van der Waals surface area contributed by atoms with Gasteiger partial charge in [0.25, 0.3) is 0 Å². The van der Waals surface area contributed by atoms with E-state index in [-0.39, 0.29) is 77.3 Å². The molecule has 0 spiro atoms. The van der Waals surface area contributed by atoms with Crippen LogP contribution in [0.3, 0.4) is 0 Å². The summed E-state index contributed by atoms with van der Waals surface area (Å²) < 4.78 is 50.2. The van der Waals surface area contributed by atoms with Gasteiger partial charge in [-0.05, 0) is 51.4 Å². The largest absolute Gasteiger partial charge is 0.481 e. The van der Waals surface area contributed by atoms with E-state index in [1.807, 2.05) is 0 Å². The molecule has 2 heterocycles. The third-order valence-corrected chi connectivity index (χ3v) is 10.9. The molecule has 0 aromatic heterocycles. The number of nitrogens with one attached hydrogen (secondary N) is 5. The van der Waals surface area contributed by atoms with E-state index in [0.717, 1.165) is 20.8 Å². The predicted molar refractivity (Wildman–Crippen MR) is 250 cm³/mol. The van der Waals surface area contributed by atoms with Gasteiger partial charge in [-0.1, -0.05) is 6.42 Å². The number of esters is 5. The molecule has 26 heteroatoms. The van der Waals surface area contributed by atoms with Gasteiger partial charge in [-0.3, -0.25) is 52.7 Å². The third kappa shape index (κ3) is 27.0. The highest BCUT2D eigenvalue weighted by Crippen LogP contribution is 2.29. The number of rotatable bonds is 33. The minimum atomic E-state index is -1.30. The molecule has 10 atom stereocenters. The van der Waals surface area contributed by atoms with E-state index in [4.69, 9.17) is 47.7 Å². The van der Waals surface area contributed by atoms with Crippen molar-refractivity contribution in [3.63, 3.8) is 0 Å². The number of hydrogen-bond acceptors (Lipinski definition) is 20. The first-order chi connectivity index (χ1) is 34.6. The summed E-state index contributed by atoms with van der Waals surface area (Å²) in [6, 6.07) is -2.95. The Morgan fingerprint density at radius 1 is 0.548 bits per heavy atom. The Morgan fingerprint density at radius 2 is 1.10 bits per heavy atom. The molecule has 6 N–H and O–H groups in total. The van der Waals surface area contributed by atoms with Gasteiger partial charge in [0.05, 0.1) is 12.7 Å². The maximum atomic E-state index is 13.3. The van der Waals surface area contributed by atoms with Crippen molar-refractivity contribution in [3.8, 4) is 0 Å². The monoisotopic (exact) mass is 1050 g/mol. The van der Waals surface area contributed by atoms with Crippen LogP contribution in [0.15, 0.2) is 0 Å². The average Bonchev–Trinajstić information content (AvgIpc) is 3.28. The smallest absolute Gasteiger partial charge is 0.303 e. The van der Waals surface area contributed by atoms with Gasteiger partial charge in [0, 0.05) is 93.8 Å². The van der Waals surface area contributed by atoms with Crippen molar-refractivity contribution in [2.24, 2.45) is 0 Å². The maximum Gasteiger partial charge on any atom is 0.303 e. The Kier molecular flexibility index (Phi) is 29.8. The molecule has 2 fully saturated rings. The molecule has 2 aliphatic heterocycles. The number of carboxylic acid groups (broad SMARTS) is 1. The van der Waals surface area contributed by atoms with Crippen molar-refractivity contribution in [1.29, 1.82) is 0 Å². The van der Waals surface area contributed by atoms with Gasteiger partial charge < -0.3 is 74.3 Å². The van der Waals surface area contributed by atoms with Gasteiger partial charge >= 0.3 is 35.8 Å². The minimum Gasteiger partial charge on any atom is -0.481 e. The van der Waals surface area contributed by atoms with Crippen molar-refractivity contribution >= 4 is 65.4 Å². The van der Waals surface area contributed by atoms with Crippen LogP contribution in [0.4, 0.5) is 0 Å². The van der Waals surface area contributed by atoms with Gasteiger partial charge in [0.1, 0.15) is 43.5 Å². The highest BCUT2D eigenvalue weighted by atomic mass is 16.7. The molecule has 414 valence electrons. The zero-order valence-electron chi connectivity index (χ0n) is 42.8. The lowest BCUT2D eigenvalue weighted by molar-refractivity contribution is -0.277. The summed E-state index contributed by atoms with van der Waals surface area (Å²) in [5.41, 5.74) is 0. The van der Waals surface area contributed by atoms with Crippen LogP contribution in [0.25, 0.3) is 0 Å². The standard InChI is InChI=1S/C47H75N5O21/c1-27(53)50-41-36(69-31(5)57)24-34(25-67-29(3)55)72-46(41)65-22-14-11-17-39(61)52-35(45(64)49-21-12-8-9-19-40(62)63)16-10-13-20-48-38(60)18-15-23-66-47-42(51-28(2)54)44(71-33(7)59)43(70-32(6)58)37(73-47)26-68-30(4)56/h34-37,41-44,46-47H,8-26H2,1-7H3,(H,48,60)(H,49,64)(H,50,53)(H,51,54)(H,52,61)(H,62,63)/t34?,35-,36?,37?,41?,42?,43?,44?,46?,47?/m0/s1. The topological polar surface area (TPSA) is 351 Å². The van der Waals surface area contributed by atoms with Gasteiger partial charge in [-0.2, -0.15) is 0 Å². The molecule has 73 heavy (non-hydrogen) atoms. The number of aliphatic carboxylic acids is 1. The molecule has 0 bridgehead atoms. The molecule has 9 unspecified atom stereocenters. The van der Waals surface area contributed by atoms with Crippen LogP contribution in [-0.4, -0.2) is 171 Å². The highest BCUT2D eigenvalue weighted by molar-refractivity contribution is 5.87. The first-order valence-electron chi connectivity index (χ1n) is 24.5. The van der Waals surface area contributed by atoms with E-state index in [1.54, 1.807) is 0 Å². The summed E-state index contributed by atoms with van der Waals surface area (Å²) in [5, 5.41) is 22.6. The van der Waals surface area contributed by atoms with Crippen molar-refractivity contribution in [3.05, 3.63) is 0 Å². The van der Waals surface area contributed by atoms with E-state index >= 15 is 0 Å². The summed E-state index contributed by atoms with van der Waals surface area (Å²) in [7, 11) is 0. The van der Waals surface area contributed by atoms with E-state index in [0.29, 0.717) is 44.9 Å². The van der Waals surface area contributed by atoms with Crippen molar-refractivity contribution < 1.29 is 100 Å². The fraction of sp³-hybridized carbons (Fsp3) is 0.766. The summed E-state index contributed by atoms with van der Waals surface area (Å²) in [4.78, 5) is 133. The summed E-state index contributed by atoms with van der Waals surface area (Å²) >= 11 is 0. The van der Waals surface area contributed by atoms with Crippen LogP contribution in [0.5, 0.6) is 0 Å². The minimum absolute atomic E-state index is 0.00536. The summed E-state index contributed by atoms with van der Waals surface area (Å²) in [6.45, 7) is 8.30. The molecular weight excluding hydrogens is 971 g/mol. The zero-order valence-corrected chi connectivity index (χ0v) is 42.8. The van der Waals surface area contributed by atoms with Crippen LogP contribution < -0.4 is 26.6 Å². The lowest BCUT2D eigenvalue weighted by atomic mass is 9.96. The SMILES string of the molecule is CC(=O)NC1C(OC(C)=O)CC(COC(C)=O)OC1OCCCCC(=O)N[C@@H](CCCCNC(=O)CCCOC1OC(COC(C)=O)C(OC(C)=O)C(OC(C)=O)C1NC(C)=O)C(=O)NCCCCCC(=O)O. The van der Waals surface area contributed by atoms with Crippen molar-refractivity contribution in [2.45, 2.75) is 193 Å². The molecule has 0 aliphatic carbocycles. The summed E-state index contributed by atoms with van der Waals surface area (Å²) in [6.07, 6.45) is -4.00. The van der Waals surface area contributed by atoms with Gasteiger partial charge in [0.2, 0.25) is 29.5 Å². The first-order valence-corrected chi connectivity index (χ1v) is 24.5. The Hall–Kier alpha value is -5.99. The van der Waals surface area contributed by atoms with Crippen LogP contribution in [0, 0.1) is 0 Å². The van der Waals surface area contributed by atoms with E-state index in [9.17, 15) is 52.7 Å². The fourth-order valence-electron chi connectivity index (χ4n) is 7.79. The maximum absolute atomic E-state index is 13.3. The second-order valence-corrected chi connectivity index (χ2v) is 17.5. The van der Waals surface area contributed by atoms with Crippen molar-refractivity contribution in [1.82, 2.24) is 26.6 Å². The molecule has 26 nitrogen and oxygen atoms in total. The van der Waals surface area contributed by atoms with Gasteiger partial charge in [-0.25, -0.2) is 0 Å². The second kappa shape index (κ2) is 34.4. The number of unbranched alkanes of at least 4 members (excludes halogenated alkanes) is 4. The van der Waals surface area contributed by atoms with Crippen LogP contribution in [0.1, 0.15) is 132 Å². The number of hydrogen-bond donors (Lipinski definition) is 6. The first kappa shape index (κ1) is 63.1. The Balaban J connectivity index is 1.95. The fourth-order valence-corrected chi connectivity index (χ4v) is 7.79. The molecule has 2 aliphatic rings. The predicted octanol–water partition coefficient (Wildman–Crippen LogP) is 0.273. The van der Waals surface area contributed by atoms with E-state index in [2.05, 4.69) is 26.6 Å². The van der Waals surface area contributed by atoms with Crippen LogP contribution in [-0.2, 0) is 95.4 Å². The molecule has 0 radical (unpaired) electrons. The molecular formula is C47H75N5O21. The molecule has 2 saturated heterocycles. The number of carboxylic acids is 1. The Morgan fingerprint density at radius 3 is 1.71 bits per heavy atom. The Bertz CT molecular complexity index is 1850. The average molecular weight is 1050 g/mol. The Labute approximate surface area is 424 Å². The van der Waals surface area contributed by atoms with Crippen LogP contribution >= 0.6 is 0 Å². The molecule has 5 amide bonds. The normalized spacial score (nSPS) is 22.8. The van der Waals surface area contributed by atoms with Crippen molar-refractivity contribution in [2.75, 3.05) is 39.5 Å². The number of carbonyl (C=O) groups is 11. The van der Waals surface area contributed by atoms with Gasteiger partial charge in [-0.15, -0.1) is 0 Å². The zero-order chi connectivity index (χ0) is 54.5. The molecule has 0 saturated carbocycles. The summed E-state index contributed by atoms with van der Waals surface area (Å²) in [5.74, 6) is -6.36. The lowest BCUT2D eigenvalue weighted by Gasteiger charge is -2.44. The molecule has 0 aromatic carbocycles. The van der Waals surface area contributed by atoms with E-state index in [1.165, 1.54) is 27.7 Å². The second-order valence-electron chi connectivity index (χ2n) is 17.5. The lowest BCUT2D eigenvalue weighted by Crippen LogP contribution is -2.66. The molecule has 2 rings (SSSR count). The van der Waals surface area contributed by atoms with Gasteiger partial charge in [0.15, 0.2) is 24.8 Å². The quantitative estimate of drug-likeness (QED) is 0.0292. The molecule has 0 aromatic rings. The van der Waals surface area contributed by atoms with E-state index < -0.39 is 127 Å². The number of ether oxygens (including phenoxy) is 9. The number of carbonyl (C=O) groups excluding carboxylic acids is 10. The third-order valence-electron chi connectivity index (χ3n) is 10.9. The van der Waals surface area contributed by atoms with Crippen LogP contribution in [0.2, 0.25) is 0 Å².